The molecule has 0 atom stereocenters. The summed E-state index contributed by atoms with van der Waals surface area (Å²) in [5, 5.41) is 3.82. The molecule has 0 radical (unpaired) electrons. The minimum Gasteiger partial charge on any atom is -0.381 e. The molecule has 1 aliphatic heterocycles. The van der Waals surface area contributed by atoms with Crippen LogP contribution in [-0.4, -0.2) is 60.0 Å². The van der Waals surface area contributed by atoms with Crippen molar-refractivity contribution in [1.29, 1.82) is 0 Å². The Labute approximate surface area is 111 Å². The number of carbonyl (C=O) groups is 1. The quantitative estimate of drug-likeness (QED) is 0.740. The molecule has 0 bridgehead atoms. The van der Waals surface area contributed by atoms with Crippen LogP contribution >= 0.6 is 0 Å². The van der Waals surface area contributed by atoms with Gasteiger partial charge in [-0.3, -0.25) is 9.48 Å². The summed E-state index contributed by atoms with van der Waals surface area (Å²) in [7, 11) is -0.516. The normalized spacial score (nSPS) is 18.6. The van der Waals surface area contributed by atoms with E-state index in [9.17, 15) is 13.2 Å². The van der Waals surface area contributed by atoms with Gasteiger partial charge in [0, 0.05) is 33.4 Å². The standard InChI is InChI=1S/C10H17N5O3S/c1-13-4-3-5-15(7-9(13)16)19(17,18)8-6-14(2)12-10(8)11/h6H,3-5,7H2,1-2H3,(H2,11,12). The van der Waals surface area contributed by atoms with Gasteiger partial charge in [0.05, 0.1) is 6.54 Å². The molecular weight excluding hydrogens is 270 g/mol. The molecule has 2 rings (SSSR count). The molecule has 8 nitrogen and oxygen atoms in total. The average Bonchev–Trinajstić information content (AvgIpc) is 2.57. The average molecular weight is 287 g/mol. The maximum atomic E-state index is 12.4. The van der Waals surface area contributed by atoms with Crippen molar-refractivity contribution in [2.24, 2.45) is 7.05 Å². The highest BCUT2D eigenvalue weighted by Gasteiger charge is 2.32. The Morgan fingerprint density at radius 3 is 2.58 bits per heavy atom. The second-order valence-corrected chi connectivity index (χ2v) is 6.47. The number of carbonyl (C=O) groups excluding carboxylic acids is 1. The third-order valence-electron chi connectivity index (χ3n) is 3.08. The van der Waals surface area contributed by atoms with Gasteiger partial charge in [-0.1, -0.05) is 0 Å². The van der Waals surface area contributed by atoms with Gasteiger partial charge in [-0.25, -0.2) is 8.42 Å². The van der Waals surface area contributed by atoms with Crippen molar-refractivity contribution in [1.82, 2.24) is 19.0 Å². The summed E-state index contributed by atoms with van der Waals surface area (Å²) < 4.78 is 27.4. The second kappa shape index (κ2) is 4.82. The number of nitrogens with two attached hydrogens (primary N) is 1. The molecule has 0 aromatic carbocycles. The molecule has 1 aliphatic rings. The first-order valence-corrected chi connectivity index (χ1v) is 7.29. The number of nitrogens with zero attached hydrogens (tertiary/aromatic N) is 4. The van der Waals surface area contributed by atoms with Crippen molar-refractivity contribution in [2.75, 3.05) is 32.4 Å². The molecule has 1 fully saturated rings. The minimum atomic E-state index is -3.77. The van der Waals surface area contributed by atoms with E-state index in [2.05, 4.69) is 5.10 Å². The van der Waals surface area contributed by atoms with Gasteiger partial charge in [0.1, 0.15) is 4.90 Å². The van der Waals surface area contributed by atoms with E-state index in [4.69, 9.17) is 5.73 Å². The van der Waals surface area contributed by atoms with E-state index in [0.717, 1.165) is 4.31 Å². The van der Waals surface area contributed by atoms with E-state index in [1.807, 2.05) is 0 Å². The number of aryl methyl sites for hydroxylation is 1. The molecule has 2 N–H and O–H groups in total. The number of nitrogen functional groups attached to an aromatic ring is 1. The predicted molar refractivity (Wildman–Crippen MR) is 68.6 cm³/mol. The van der Waals surface area contributed by atoms with Gasteiger partial charge < -0.3 is 10.6 Å². The summed E-state index contributed by atoms with van der Waals surface area (Å²) in [5.41, 5.74) is 5.60. The number of rotatable bonds is 2. The Balaban J connectivity index is 2.34. The molecule has 1 aromatic rings. The molecule has 0 unspecified atom stereocenters. The van der Waals surface area contributed by atoms with E-state index in [1.165, 1.54) is 15.8 Å². The van der Waals surface area contributed by atoms with E-state index in [1.54, 1.807) is 14.1 Å². The largest absolute Gasteiger partial charge is 0.381 e. The maximum Gasteiger partial charge on any atom is 0.248 e. The van der Waals surface area contributed by atoms with E-state index >= 15 is 0 Å². The molecule has 1 amide bonds. The van der Waals surface area contributed by atoms with Gasteiger partial charge >= 0.3 is 0 Å². The number of hydrogen-bond donors (Lipinski definition) is 1. The molecular formula is C10H17N5O3S. The fourth-order valence-electron chi connectivity index (χ4n) is 1.99. The van der Waals surface area contributed by atoms with Gasteiger partial charge in [0.15, 0.2) is 5.82 Å². The van der Waals surface area contributed by atoms with Gasteiger partial charge in [-0.15, -0.1) is 0 Å². The van der Waals surface area contributed by atoms with Crippen molar-refractivity contribution in [3.63, 3.8) is 0 Å². The maximum absolute atomic E-state index is 12.4. The van der Waals surface area contributed by atoms with Crippen molar-refractivity contribution >= 4 is 21.7 Å². The molecule has 0 saturated carbocycles. The van der Waals surface area contributed by atoms with Crippen LogP contribution in [0.4, 0.5) is 5.82 Å². The van der Waals surface area contributed by atoms with Crippen LogP contribution in [0.3, 0.4) is 0 Å². The van der Waals surface area contributed by atoms with Crippen LogP contribution in [0.25, 0.3) is 0 Å². The monoisotopic (exact) mass is 287 g/mol. The zero-order valence-electron chi connectivity index (χ0n) is 10.9. The first-order valence-electron chi connectivity index (χ1n) is 5.85. The predicted octanol–water partition coefficient (Wildman–Crippen LogP) is -1.14. The summed E-state index contributed by atoms with van der Waals surface area (Å²) in [5.74, 6) is -0.268. The number of anilines is 1. The lowest BCUT2D eigenvalue weighted by Crippen LogP contribution is -2.38. The summed E-state index contributed by atoms with van der Waals surface area (Å²) in [6, 6.07) is 0. The lowest BCUT2D eigenvalue weighted by Gasteiger charge is -2.18. The van der Waals surface area contributed by atoms with E-state index < -0.39 is 10.0 Å². The molecule has 0 aliphatic carbocycles. The molecule has 0 spiro atoms. The van der Waals surface area contributed by atoms with Crippen molar-refractivity contribution in [3.8, 4) is 0 Å². The first kappa shape index (κ1) is 13.8. The Hall–Kier alpha value is -1.61. The fourth-order valence-corrected chi connectivity index (χ4v) is 3.51. The summed E-state index contributed by atoms with van der Waals surface area (Å²) >= 11 is 0. The SMILES string of the molecule is CN1CCCN(S(=O)(=O)c2cn(C)nc2N)CC1=O. The molecule has 19 heavy (non-hydrogen) atoms. The number of hydrogen-bond acceptors (Lipinski definition) is 5. The van der Waals surface area contributed by atoms with Crippen molar-refractivity contribution < 1.29 is 13.2 Å². The smallest absolute Gasteiger partial charge is 0.248 e. The summed E-state index contributed by atoms with van der Waals surface area (Å²) in [6.45, 7) is 0.688. The second-order valence-electron chi connectivity index (χ2n) is 4.56. The van der Waals surface area contributed by atoms with E-state index in [0.29, 0.717) is 19.5 Å². The Bertz CT molecular complexity index is 594. The van der Waals surface area contributed by atoms with Crippen LogP contribution in [0.5, 0.6) is 0 Å². The topological polar surface area (TPSA) is 102 Å². The van der Waals surface area contributed by atoms with Crippen molar-refractivity contribution in [2.45, 2.75) is 11.3 Å². The Kier molecular flexibility index (Phi) is 3.50. The summed E-state index contributed by atoms with van der Waals surface area (Å²) in [4.78, 5) is 13.2. The summed E-state index contributed by atoms with van der Waals surface area (Å²) in [6.07, 6.45) is 1.95. The number of likely N-dealkylation sites (N-methyl/N-ethyl adjacent to an activating group) is 1. The lowest BCUT2D eigenvalue weighted by molar-refractivity contribution is -0.129. The van der Waals surface area contributed by atoms with Gasteiger partial charge in [-0.05, 0) is 6.42 Å². The van der Waals surface area contributed by atoms with Crippen LogP contribution in [0.15, 0.2) is 11.1 Å². The van der Waals surface area contributed by atoms with Gasteiger partial charge in [0.25, 0.3) is 0 Å². The molecule has 9 heteroatoms. The molecule has 2 heterocycles. The molecule has 106 valence electrons. The van der Waals surface area contributed by atoms with Crippen molar-refractivity contribution in [3.05, 3.63) is 6.20 Å². The van der Waals surface area contributed by atoms with Gasteiger partial charge in [-0.2, -0.15) is 9.40 Å². The van der Waals surface area contributed by atoms with Gasteiger partial charge in [0.2, 0.25) is 15.9 Å². The minimum absolute atomic E-state index is 0.0486. The highest BCUT2D eigenvalue weighted by Crippen LogP contribution is 2.22. The number of aromatic nitrogens is 2. The van der Waals surface area contributed by atoms with Crippen LogP contribution in [0, 0.1) is 0 Å². The zero-order chi connectivity index (χ0) is 14.2. The first-order chi connectivity index (χ1) is 8.82. The van der Waals surface area contributed by atoms with Crippen LogP contribution in [0.1, 0.15) is 6.42 Å². The molecule has 1 aromatic heterocycles. The van der Waals surface area contributed by atoms with Crippen LogP contribution < -0.4 is 5.73 Å². The highest BCUT2D eigenvalue weighted by atomic mass is 32.2. The Morgan fingerprint density at radius 1 is 1.32 bits per heavy atom. The van der Waals surface area contributed by atoms with E-state index in [-0.39, 0.29) is 23.2 Å². The number of amides is 1. The number of sulfonamides is 1. The van der Waals surface area contributed by atoms with Crippen LogP contribution in [-0.2, 0) is 21.9 Å². The van der Waals surface area contributed by atoms with Crippen LogP contribution in [0.2, 0.25) is 0 Å². The Morgan fingerprint density at radius 2 is 2.00 bits per heavy atom. The highest BCUT2D eigenvalue weighted by molar-refractivity contribution is 7.89. The third kappa shape index (κ3) is 2.56. The lowest BCUT2D eigenvalue weighted by atomic mass is 10.4. The molecule has 1 saturated heterocycles. The fraction of sp³-hybridized carbons (Fsp3) is 0.600. The zero-order valence-corrected chi connectivity index (χ0v) is 11.7. The third-order valence-corrected chi connectivity index (χ3v) is 4.94.